The first-order chi connectivity index (χ1) is 9.63. The molecule has 0 radical (unpaired) electrons. The van der Waals surface area contributed by atoms with Gasteiger partial charge < -0.3 is 19.8 Å². The van der Waals surface area contributed by atoms with Gasteiger partial charge in [0.2, 0.25) is 0 Å². The summed E-state index contributed by atoms with van der Waals surface area (Å²) in [6, 6.07) is -2.11. The van der Waals surface area contributed by atoms with E-state index in [-0.39, 0.29) is 5.06 Å². The van der Waals surface area contributed by atoms with Gasteiger partial charge >= 0.3 is 18.3 Å². The smallest absolute Gasteiger partial charge is 0.480 e. The van der Waals surface area contributed by atoms with Crippen LogP contribution in [0.15, 0.2) is 0 Å². The number of carbonyl (C=O) groups excluding carboxylic acids is 1. The first-order valence-electron chi connectivity index (χ1n) is 6.24. The molecule has 0 spiro atoms. The number of hydrogen-bond donors (Lipinski definition) is 2. The minimum absolute atomic E-state index is 0.122. The number of halogens is 3. The number of hydrogen-bond acceptors (Lipinski definition) is 6. The largest absolute Gasteiger partial charge is 0.528 e. The summed E-state index contributed by atoms with van der Waals surface area (Å²) in [5.74, 6) is -1.79. The number of ether oxygens (including phenoxy) is 1. The summed E-state index contributed by atoms with van der Waals surface area (Å²) in [6.45, 7) is 4.39. The van der Waals surface area contributed by atoms with Crippen LogP contribution in [0.2, 0.25) is 0 Å². The summed E-state index contributed by atoms with van der Waals surface area (Å²) in [6.07, 6.45) is -6.44. The summed E-state index contributed by atoms with van der Waals surface area (Å²) in [5.41, 5.74) is -3.92. The summed E-state index contributed by atoms with van der Waals surface area (Å²) < 4.78 is 44.0. The highest BCUT2D eigenvalue weighted by Gasteiger charge is 2.57. The number of aliphatic carboxylic acids is 1. The van der Waals surface area contributed by atoms with Crippen molar-refractivity contribution in [1.82, 2.24) is 5.06 Å². The van der Waals surface area contributed by atoms with Crippen LogP contribution in [-0.4, -0.2) is 57.4 Å². The summed E-state index contributed by atoms with van der Waals surface area (Å²) in [4.78, 5) is 27.0. The van der Waals surface area contributed by atoms with E-state index in [2.05, 4.69) is 4.84 Å². The van der Waals surface area contributed by atoms with E-state index in [1.165, 1.54) is 20.8 Å². The second-order valence-electron chi connectivity index (χ2n) is 5.97. The number of carboxylic acids is 1. The highest BCUT2D eigenvalue weighted by atomic mass is 19.4. The molecule has 0 saturated heterocycles. The number of aliphatic hydroxyl groups excluding tert-OH is 1. The van der Waals surface area contributed by atoms with Gasteiger partial charge in [0, 0.05) is 0 Å². The number of rotatable bonds is 5. The Morgan fingerprint density at radius 3 is 1.86 bits per heavy atom. The van der Waals surface area contributed by atoms with Gasteiger partial charge in [-0.3, -0.25) is 4.79 Å². The number of hydroxylamine groups is 2. The lowest BCUT2D eigenvalue weighted by Gasteiger charge is -2.40. The van der Waals surface area contributed by atoms with Crippen molar-refractivity contribution in [3.05, 3.63) is 0 Å². The Kier molecular flexibility index (Phi) is 6.22. The zero-order valence-electron chi connectivity index (χ0n) is 12.9. The van der Waals surface area contributed by atoms with Crippen LogP contribution in [0.5, 0.6) is 0 Å². The monoisotopic (exact) mass is 331 g/mol. The van der Waals surface area contributed by atoms with Gasteiger partial charge in [0.05, 0.1) is 6.61 Å². The van der Waals surface area contributed by atoms with Crippen LogP contribution >= 0.6 is 0 Å². The van der Waals surface area contributed by atoms with E-state index in [1.54, 1.807) is 0 Å². The summed E-state index contributed by atoms with van der Waals surface area (Å²) in [7, 11) is 0. The second-order valence-corrected chi connectivity index (χ2v) is 5.97. The van der Waals surface area contributed by atoms with Gasteiger partial charge in [-0.05, 0) is 34.6 Å². The molecule has 0 aliphatic rings. The molecule has 0 aliphatic heterocycles. The predicted molar refractivity (Wildman–Crippen MR) is 67.8 cm³/mol. The molecule has 130 valence electrons. The third kappa shape index (κ3) is 5.34. The molecule has 0 fully saturated rings. The van der Waals surface area contributed by atoms with Gasteiger partial charge in [0.15, 0.2) is 6.04 Å². The highest BCUT2D eigenvalue weighted by molar-refractivity contribution is 5.74. The maximum Gasteiger partial charge on any atom is 0.528 e. The van der Waals surface area contributed by atoms with Crippen LogP contribution in [-0.2, 0) is 14.4 Å². The van der Waals surface area contributed by atoms with Gasteiger partial charge in [0.1, 0.15) is 11.1 Å². The zero-order valence-corrected chi connectivity index (χ0v) is 12.9. The fourth-order valence-corrected chi connectivity index (χ4v) is 1.29. The first kappa shape index (κ1) is 20.5. The van der Waals surface area contributed by atoms with E-state index in [4.69, 9.17) is 14.9 Å². The predicted octanol–water partition coefficient (Wildman–Crippen LogP) is 1.94. The molecule has 0 aromatic heterocycles. The van der Waals surface area contributed by atoms with Crippen LogP contribution in [0.25, 0.3) is 0 Å². The van der Waals surface area contributed by atoms with E-state index in [9.17, 15) is 22.8 Å². The standard InChI is InChI=1S/C12H20F3NO6/c1-10(2,3)21-9(20)22-16(7(6-17)8(18)19)11(4,5)12(13,14)15/h7,17H,6H2,1-5H3,(H,18,19)/t7-/m0/s1. The minimum Gasteiger partial charge on any atom is -0.480 e. The first-order valence-corrected chi connectivity index (χ1v) is 6.24. The average Bonchev–Trinajstić information content (AvgIpc) is 2.23. The molecule has 0 heterocycles. The third-order valence-electron chi connectivity index (χ3n) is 2.55. The Labute approximate surface area is 125 Å². The van der Waals surface area contributed by atoms with Gasteiger partial charge in [-0.1, -0.05) is 0 Å². The lowest BCUT2D eigenvalue weighted by molar-refractivity contribution is -0.309. The number of nitrogens with zero attached hydrogens (tertiary/aromatic N) is 1. The van der Waals surface area contributed by atoms with Crippen LogP contribution in [0.3, 0.4) is 0 Å². The van der Waals surface area contributed by atoms with E-state index in [1.807, 2.05) is 0 Å². The molecule has 0 saturated carbocycles. The van der Waals surface area contributed by atoms with Crippen LogP contribution in [0, 0.1) is 0 Å². The summed E-state index contributed by atoms with van der Waals surface area (Å²) >= 11 is 0. The maximum absolute atomic E-state index is 13.1. The van der Waals surface area contributed by atoms with E-state index < -0.39 is 42.1 Å². The molecule has 7 nitrogen and oxygen atoms in total. The topological polar surface area (TPSA) is 96.3 Å². The minimum atomic E-state index is -4.93. The lowest BCUT2D eigenvalue weighted by Crippen LogP contribution is -2.61. The molecule has 0 rings (SSSR count). The van der Waals surface area contributed by atoms with Crippen molar-refractivity contribution in [1.29, 1.82) is 0 Å². The zero-order chi connectivity index (χ0) is 17.9. The normalized spacial score (nSPS) is 14.6. The number of carboxylic acid groups (broad SMARTS) is 1. The van der Waals surface area contributed by atoms with E-state index in [0.29, 0.717) is 13.8 Å². The molecule has 10 heteroatoms. The van der Waals surface area contributed by atoms with Crippen LogP contribution < -0.4 is 0 Å². The Bertz CT molecular complexity index is 416. The van der Waals surface area contributed by atoms with Gasteiger partial charge in [-0.25, -0.2) is 4.79 Å². The number of alkyl halides is 3. The Morgan fingerprint density at radius 1 is 1.14 bits per heavy atom. The molecule has 0 aliphatic carbocycles. The average molecular weight is 331 g/mol. The van der Waals surface area contributed by atoms with Gasteiger partial charge in [-0.2, -0.15) is 13.2 Å². The van der Waals surface area contributed by atoms with E-state index >= 15 is 0 Å². The fourth-order valence-electron chi connectivity index (χ4n) is 1.29. The van der Waals surface area contributed by atoms with Crippen LogP contribution in [0.4, 0.5) is 18.0 Å². The Morgan fingerprint density at radius 2 is 1.59 bits per heavy atom. The van der Waals surface area contributed by atoms with Gasteiger partial charge in [-0.15, -0.1) is 5.06 Å². The summed E-state index contributed by atoms with van der Waals surface area (Å²) in [5, 5.41) is 17.8. The number of carbonyl (C=O) groups is 2. The lowest BCUT2D eigenvalue weighted by atomic mass is 10.0. The quantitative estimate of drug-likeness (QED) is 0.587. The number of aliphatic hydroxyl groups is 1. The molecule has 22 heavy (non-hydrogen) atoms. The van der Waals surface area contributed by atoms with Crippen molar-refractivity contribution in [2.45, 2.75) is 58.0 Å². The molecule has 0 aromatic rings. The van der Waals surface area contributed by atoms with Crippen molar-refractivity contribution in [3.8, 4) is 0 Å². The second kappa shape index (κ2) is 6.69. The van der Waals surface area contributed by atoms with E-state index in [0.717, 1.165) is 0 Å². The van der Waals surface area contributed by atoms with Crippen molar-refractivity contribution >= 4 is 12.1 Å². The molecule has 0 bridgehead atoms. The molecule has 0 unspecified atom stereocenters. The highest BCUT2D eigenvalue weighted by Crippen LogP contribution is 2.36. The Balaban J connectivity index is 5.54. The van der Waals surface area contributed by atoms with Crippen molar-refractivity contribution < 1.29 is 42.5 Å². The van der Waals surface area contributed by atoms with Crippen molar-refractivity contribution in [3.63, 3.8) is 0 Å². The fraction of sp³-hybridized carbons (Fsp3) is 0.833. The van der Waals surface area contributed by atoms with Crippen LogP contribution in [0.1, 0.15) is 34.6 Å². The molecular weight excluding hydrogens is 311 g/mol. The molecular formula is C12H20F3NO6. The maximum atomic E-state index is 13.1. The SMILES string of the molecule is CC(C)(C)OC(=O)ON([C@@H](CO)C(=O)O)C(C)(C)C(F)(F)F. The third-order valence-corrected chi connectivity index (χ3v) is 2.55. The molecule has 1 atom stereocenters. The molecule has 2 N–H and O–H groups in total. The molecule has 0 aromatic carbocycles. The molecule has 0 amide bonds. The van der Waals surface area contributed by atoms with Crippen molar-refractivity contribution in [2.24, 2.45) is 0 Å². The Hall–Kier alpha value is -1.55. The van der Waals surface area contributed by atoms with Gasteiger partial charge in [0.25, 0.3) is 0 Å². The van der Waals surface area contributed by atoms with Crippen molar-refractivity contribution in [2.75, 3.05) is 6.61 Å².